The van der Waals surface area contributed by atoms with Crippen molar-refractivity contribution in [1.29, 1.82) is 0 Å². The van der Waals surface area contributed by atoms with Crippen LogP contribution in [0.3, 0.4) is 0 Å². The van der Waals surface area contributed by atoms with Crippen LogP contribution in [0.25, 0.3) is 0 Å². The van der Waals surface area contributed by atoms with Gasteiger partial charge in [-0.1, -0.05) is 11.3 Å². The van der Waals surface area contributed by atoms with Crippen molar-refractivity contribution in [3.8, 4) is 5.75 Å². The average Bonchev–Trinajstić information content (AvgIpc) is 2.67. The molecule has 2 rings (SSSR count). The van der Waals surface area contributed by atoms with Gasteiger partial charge in [0, 0.05) is 6.07 Å². The Balaban J connectivity index is 2.26. The Morgan fingerprint density at radius 1 is 1.44 bits per heavy atom. The predicted octanol–water partition coefficient (Wildman–Crippen LogP) is 3.19. The number of ether oxygens (including phenoxy) is 1. The van der Waals surface area contributed by atoms with Crippen LogP contribution in [0.15, 0.2) is 22.1 Å². The second kappa shape index (κ2) is 4.75. The van der Waals surface area contributed by atoms with E-state index in [0.29, 0.717) is 20.5 Å². The number of benzene rings is 1. The van der Waals surface area contributed by atoms with Crippen molar-refractivity contribution >= 4 is 38.1 Å². The van der Waals surface area contributed by atoms with E-state index in [-0.39, 0.29) is 5.82 Å². The van der Waals surface area contributed by atoms with Crippen LogP contribution in [0.2, 0.25) is 0 Å². The van der Waals surface area contributed by atoms with Gasteiger partial charge in [-0.15, -0.1) is 10.2 Å². The van der Waals surface area contributed by atoms with E-state index in [4.69, 9.17) is 4.74 Å². The van der Waals surface area contributed by atoms with Gasteiger partial charge in [-0.3, -0.25) is 0 Å². The molecule has 1 N–H and O–H groups in total. The smallest absolute Gasteiger partial charge is 0.210 e. The largest absolute Gasteiger partial charge is 0.497 e. The number of rotatable bonds is 3. The van der Waals surface area contributed by atoms with Crippen molar-refractivity contribution in [1.82, 2.24) is 10.2 Å². The molecule has 7 heteroatoms. The maximum absolute atomic E-state index is 13.4. The first-order valence-corrected chi connectivity index (χ1v) is 5.89. The lowest BCUT2D eigenvalue weighted by atomic mass is 10.3. The zero-order chi connectivity index (χ0) is 11.5. The molecule has 1 heterocycles. The number of hydrogen-bond acceptors (Lipinski definition) is 5. The molecule has 0 aliphatic heterocycles. The Labute approximate surface area is 104 Å². The molecule has 0 unspecified atom stereocenters. The van der Waals surface area contributed by atoms with E-state index in [9.17, 15) is 4.39 Å². The highest BCUT2D eigenvalue weighted by Gasteiger charge is 2.07. The number of halogens is 2. The molecule has 0 aliphatic carbocycles. The van der Waals surface area contributed by atoms with Crippen LogP contribution >= 0.6 is 27.3 Å². The van der Waals surface area contributed by atoms with E-state index in [1.807, 2.05) is 0 Å². The number of nitrogens with one attached hydrogen (secondary N) is 1. The Morgan fingerprint density at radius 2 is 2.25 bits per heavy atom. The summed E-state index contributed by atoms with van der Waals surface area (Å²) >= 11 is 4.46. The summed E-state index contributed by atoms with van der Waals surface area (Å²) < 4.78 is 19.1. The summed E-state index contributed by atoms with van der Waals surface area (Å²) in [6.07, 6.45) is 0. The lowest BCUT2D eigenvalue weighted by Crippen LogP contribution is -1.94. The number of hydrogen-bond donors (Lipinski definition) is 1. The molecule has 84 valence electrons. The van der Waals surface area contributed by atoms with Gasteiger partial charge in [-0.05, 0) is 28.1 Å². The van der Waals surface area contributed by atoms with Crippen LogP contribution in [-0.2, 0) is 0 Å². The fraction of sp³-hybridized carbons (Fsp3) is 0.111. The number of nitrogens with zero attached hydrogens (tertiary/aromatic N) is 2. The van der Waals surface area contributed by atoms with E-state index in [0.717, 1.165) is 0 Å². The molecule has 1 aromatic heterocycles. The molecule has 0 saturated carbocycles. The van der Waals surface area contributed by atoms with Crippen molar-refractivity contribution in [3.63, 3.8) is 0 Å². The first-order valence-electron chi connectivity index (χ1n) is 4.28. The van der Waals surface area contributed by atoms with Crippen molar-refractivity contribution in [2.45, 2.75) is 0 Å². The second-order valence-corrected chi connectivity index (χ2v) is 5.08. The SMILES string of the molecule is COc1ccc(F)c(Nc2nnc(Br)s2)c1. The molecule has 1 aromatic carbocycles. The Morgan fingerprint density at radius 3 is 2.88 bits per heavy atom. The van der Waals surface area contributed by atoms with E-state index in [1.165, 1.54) is 24.5 Å². The molecule has 0 saturated heterocycles. The lowest BCUT2D eigenvalue weighted by molar-refractivity contribution is 0.414. The molecule has 2 aromatic rings. The normalized spacial score (nSPS) is 10.2. The third-order valence-electron chi connectivity index (χ3n) is 1.82. The van der Waals surface area contributed by atoms with Gasteiger partial charge in [0.1, 0.15) is 11.6 Å². The van der Waals surface area contributed by atoms with E-state index in [2.05, 4.69) is 31.4 Å². The molecular weight excluding hydrogens is 297 g/mol. The van der Waals surface area contributed by atoms with Gasteiger partial charge in [0.05, 0.1) is 12.8 Å². The Hall–Kier alpha value is -1.21. The summed E-state index contributed by atoms with van der Waals surface area (Å²) in [4.78, 5) is 0. The number of methoxy groups -OCH3 is 1. The van der Waals surface area contributed by atoms with Gasteiger partial charge < -0.3 is 10.1 Å². The first kappa shape index (κ1) is 11.3. The van der Waals surface area contributed by atoms with Gasteiger partial charge in [0.15, 0.2) is 3.92 Å². The highest BCUT2D eigenvalue weighted by molar-refractivity contribution is 9.11. The van der Waals surface area contributed by atoms with Crippen molar-refractivity contribution in [2.75, 3.05) is 12.4 Å². The van der Waals surface area contributed by atoms with Crippen LogP contribution in [0.5, 0.6) is 5.75 Å². The van der Waals surface area contributed by atoms with Crippen LogP contribution in [0.4, 0.5) is 15.2 Å². The molecule has 0 amide bonds. The van der Waals surface area contributed by atoms with Gasteiger partial charge in [0.25, 0.3) is 0 Å². The van der Waals surface area contributed by atoms with Gasteiger partial charge in [-0.25, -0.2) is 4.39 Å². The Kier molecular flexibility index (Phi) is 3.35. The summed E-state index contributed by atoms with van der Waals surface area (Å²) in [5, 5.41) is 10.9. The molecule has 0 bridgehead atoms. The van der Waals surface area contributed by atoms with Crippen LogP contribution in [0, 0.1) is 5.82 Å². The minimum atomic E-state index is -0.368. The number of aromatic nitrogens is 2. The summed E-state index contributed by atoms with van der Waals surface area (Å²) in [7, 11) is 1.53. The van der Waals surface area contributed by atoms with Crippen molar-refractivity contribution in [3.05, 3.63) is 27.9 Å². The van der Waals surface area contributed by atoms with Crippen LogP contribution < -0.4 is 10.1 Å². The topological polar surface area (TPSA) is 47.0 Å². The van der Waals surface area contributed by atoms with E-state index >= 15 is 0 Å². The average molecular weight is 304 g/mol. The fourth-order valence-electron chi connectivity index (χ4n) is 1.10. The lowest BCUT2D eigenvalue weighted by Gasteiger charge is -2.05. The van der Waals surface area contributed by atoms with Crippen molar-refractivity contribution < 1.29 is 9.13 Å². The molecule has 0 spiro atoms. The predicted molar refractivity (Wildman–Crippen MR) is 63.8 cm³/mol. The fourth-order valence-corrected chi connectivity index (χ4v) is 2.12. The van der Waals surface area contributed by atoms with Gasteiger partial charge in [-0.2, -0.15) is 0 Å². The Bertz CT molecular complexity index is 505. The first-order chi connectivity index (χ1) is 7.69. The maximum Gasteiger partial charge on any atom is 0.210 e. The highest BCUT2D eigenvalue weighted by Crippen LogP contribution is 2.27. The maximum atomic E-state index is 13.4. The molecule has 0 radical (unpaired) electrons. The van der Waals surface area contributed by atoms with Gasteiger partial charge in [0.2, 0.25) is 5.13 Å². The minimum absolute atomic E-state index is 0.308. The van der Waals surface area contributed by atoms with E-state index in [1.54, 1.807) is 12.1 Å². The van der Waals surface area contributed by atoms with Crippen molar-refractivity contribution in [2.24, 2.45) is 0 Å². The molecule has 0 atom stereocenters. The number of anilines is 2. The van der Waals surface area contributed by atoms with E-state index < -0.39 is 0 Å². The summed E-state index contributed by atoms with van der Waals surface area (Å²) in [5.41, 5.74) is 0.308. The summed E-state index contributed by atoms with van der Waals surface area (Å²) in [6, 6.07) is 4.44. The monoisotopic (exact) mass is 303 g/mol. The van der Waals surface area contributed by atoms with Crippen LogP contribution in [0.1, 0.15) is 0 Å². The highest BCUT2D eigenvalue weighted by atomic mass is 79.9. The third kappa shape index (κ3) is 2.48. The second-order valence-electron chi connectivity index (χ2n) is 2.83. The van der Waals surface area contributed by atoms with Crippen LogP contribution in [-0.4, -0.2) is 17.3 Å². The third-order valence-corrected chi connectivity index (χ3v) is 3.09. The zero-order valence-electron chi connectivity index (χ0n) is 8.20. The summed E-state index contributed by atoms with van der Waals surface area (Å²) in [6.45, 7) is 0. The molecular formula is C9H7BrFN3OS. The quantitative estimate of drug-likeness (QED) is 0.946. The molecule has 4 nitrogen and oxygen atoms in total. The molecule has 16 heavy (non-hydrogen) atoms. The summed E-state index contributed by atoms with van der Waals surface area (Å²) in [5.74, 6) is 0.208. The molecule has 0 aliphatic rings. The minimum Gasteiger partial charge on any atom is -0.497 e. The van der Waals surface area contributed by atoms with Gasteiger partial charge >= 0.3 is 0 Å². The standard InChI is InChI=1S/C9H7BrFN3OS/c1-15-5-2-3-6(11)7(4-5)12-9-14-13-8(10)16-9/h2-4H,1H3,(H,12,14). The zero-order valence-corrected chi connectivity index (χ0v) is 10.6. The molecule has 0 fully saturated rings.